The van der Waals surface area contributed by atoms with E-state index in [9.17, 15) is 9.59 Å². The van der Waals surface area contributed by atoms with E-state index in [1.54, 1.807) is 11.0 Å². The number of hydrogen-bond donors (Lipinski definition) is 2. The highest BCUT2D eigenvalue weighted by atomic mass is 35.5. The molecule has 2 N–H and O–H groups in total. The molecule has 0 bridgehead atoms. The summed E-state index contributed by atoms with van der Waals surface area (Å²) in [7, 11) is 0. The molecule has 2 amide bonds. The van der Waals surface area contributed by atoms with Gasteiger partial charge < -0.3 is 15.5 Å². The minimum Gasteiger partial charge on any atom is -0.351 e. The normalized spacial score (nSPS) is 28.2. The minimum atomic E-state index is -0.124. The summed E-state index contributed by atoms with van der Waals surface area (Å²) in [5.74, 6) is 0.264. The summed E-state index contributed by atoms with van der Waals surface area (Å²) < 4.78 is 0. The van der Waals surface area contributed by atoms with E-state index in [1.165, 1.54) is 0 Å². The Morgan fingerprint density at radius 1 is 1.29 bits per heavy atom. The van der Waals surface area contributed by atoms with Gasteiger partial charge in [0.25, 0.3) is 0 Å². The van der Waals surface area contributed by atoms with Crippen LogP contribution in [0.15, 0.2) is 24.3 Å². The molecule has 2 atom stereocenters. The fraction of sp³-hybridized carbons (Fsp3) is 0.556. The Labute approximate surface area is 146 Å². The number of nitrogens with zero attached hydrogens (tertiary/aromatic N) is 1. The van der Waals surface area contributed by atoms with Crippen LogP contribution in [-0.4, -0.2) is 37.5 Å². The lowest BCUT2D eigenvalue weighted by Crippen LogP contribution is -2.40. The number of para-hydroxylation sites is 1. The SMILES string of the molecule is O=C(NC1CC(=O)N(c2ccccc2Cl)C1)C1CC12CCNCC2. The molecule has 1 spiro atoms. The van der Waals surface area contributed by atoms with Gasteiger partial charge in [-0.2, -0.15) is 0 Å². The van der Waals surface area contributed by atoms with Crippen LogP contribution in [0.2, 0.25) is 5.02 Å². The van der Waals surface area contributed by atoms with Crippen molar-refractivity contribution in [3.8, 4) is 0 Å². The molecule has 2 aliphatic heterocycles. The average Bonchev–Trinajstić information content (AvgIpc) is 3.14. The standard InChI is InChI=1S/C18H22ClN3O2/c19-14-3-1-2-4-15(14)22-11-12(9-16(22)23)21-17(24)13-10-18(13)5-7-20-8-6-18/h1-4,12-13,20H,5-11H2,(H,21,24). The third kappa shape index (κ3) is 2.80. The molecule has 1 aromatic rings. The number of halogens is 1. The molecule has 4 rings (SSSR count). The maximum atomic E-state index is 12.6. The van der Waals surface area contributed by atoms with Crippen LogP contribution in [0.3, 0.4) is 0 Å². The van der Waals surface area contributed by atoms with Crippen LogP contribution in [0.1, 0.15) is 25.7 Å². The van der Waals surface area contributed by atoms with E-state index in [2.05, 4.69) is 10.6 Å². The van der Waals surface area contributed by atoms with Gasteiger partial charge in [-0.25, -0.2) is 0 Å². The largest absolute Gasteiger partial charge is 0.351 e. The zero-order chi connectivity index (χ0) is 16.7. The number of hydrogen-bond acceptors (Lipinski definition) is 3. The minimum absolute atomic E-state index is 0.0146. The van der Waals surface area contributed by atoms with Gasteiger partial charge in [0.15, 0.2) is 0 Å². The van der Waals surface area contributed by atoms with E-state index < -0.39 is 0 Å². The molecule has 1 aromatic carbocycles. The first-order chi connectivity index (χ1) is 11.6. The number of anilines is 1. The van der Waals surface area contributed by atoms with Crippen LogP contribution in [0, 0.1) is 11.3 Å². The van der Waals surface area contributed by atoms with Crippen molar-refractivity contribution in [2.75, 3.05) is 24.5 Å². The first kappa shape index (κ1) is 15.9. The van der Waals surface area contributed by atoms with Gasteiger partial charge >= 0.3 is 0 Å². The van der Waals surface area contributed by atoms with E-state index in [4.69, 9.17) is 11.6 Å². The molecule has 1 aliphatic carbocycles. The Hall–Kier alpha value is -1.59. The van der Waals surface area contributed by atoms with E-state index in [-0.39, 0.29) is 29.2 Å². The summed E-state index contributed by atoms with van der Waals surface area (Å²) >= 11 is 6.19. The molecule has 2 heterocycles. The zero-order valence-corrected chi connectivity index (χ0v) is 14.3. The van der Waals surface area contributed by atoms with E-state index in [1.807, 2.05) is 18.2 Å². The Bertz CT molecular complexity index is 672. The van der Waals surface area contributed by atoms with Gasteiger partial charge in [0.2, 0.25) is 11.8 Å². The van der Waals surface area contributed by atoms with Crippen LogP contribution in [0.5, 0.6) is 0 Å². The highest BCUT2D eigenvalue weighted by molar-refractivity contribution is 6.33. The predicted octanol–water partition coefficient (Wildman–Crippen LogP) is 1.95. The second-order valence-electron chi connectivity index (χ2n) is 7.23. The van der Waals surface area contributed by atoms with Gasteiger partial charge in [-0.1, -0.05) is 23.7 Å². The van der Waals surface area contributed by atoms with Gasteiger partial charge in [-0.15, -0.1) is 0 Å². The molecule has 5 nitrogen and oxygen atoms in total. The van der Waals surface area contributed by atoms with E-state index >= 15 is 0 Å². The van der Waals surface area contributed by atoms with Crippen molar-refractivity contribution >= 4 is 29.1 Å². The molecule has 2 unspecified atom stereocenters. The molecule has 2 saturated heterocycles. The van der Waals surface area contributed by atoms with Crippen molar-refractivity contribution in [3.05, 3.63) is 29.3 Å². The maximum absolute atomic E-state index is 12.6. The van der Waals surface area contributed by atoms with Crippen LogP contribution in [-0.2, 0) is 9.59 Å². The van der Waals surface area contributed by atoms with Crippen molar-refractivity contribution in [1.29, 1.82) is 0 Å². The summed E-state index contributed by atoms with van der Waals surface area (Å²) in [4.78, 5) is 26.6. The predicted molar refractivity (Wildman–Crippen MR) is 93.0 cm³/mol. The monoisotopic (exact) mass is 347 g/mol. The summed E-state index contributed by atoms with van der Waals surface area (Å²) in [5.41, 5.74) is 0.947. The lowest BCUT2D eigenvalue weighted by molar-refractivity contribution is -0.123. The number of nitrogens with one attached hydrogen (secondary N) is 2. The Morgan fingerprint density at radius 3 is 2.79 bits per heavy atom. The number of carbonyl (C=O) groups excluding carboxylic acids is 2. The van der Waals surface area contributed by atoms with Crippen LogP contribution < -0.4 is 15.5 Å². The molecule has 1 saturated carbocycles. The molecule has 0 aromatic heterocycles. The Morgan fingerprint density at radius 2 is 2.04 bits per heavy atom. The average molecular weight is 348 g/mol. The molecular weight excluding hydrogens is 326 g/mol. The first-order valence-corrected chi connectivity index (χ1v) is 9.03. The van der Waals surface area contributed by atoms with Crippen molar-refractivity contribution in [2.45, 2.75) is 31.7 Å². The van der Waals surface area contributed by atoms with Gasteiger partial charge in [0, 0.05) is 18.9 Å². The molecule has 3 aliphatic rings. The highest BCUT2D eigenvalue weighted by Gasteiger charge is 2.57. The van der Waals surface area contributed by atoms with Gasteiger partial charge in [-0.05, 0) is 49.9 Å². The fourth-order valence-corrected chi connectivity index (χ4v) is 4.44. The molecule has 0 radical (unpaired) electrons. The number of amides is 2. The van der Waals surface area contributed by atoms with Crippen molar-refractivity contribution in [1.82, 2.24) is 10.6 Å². The third-order valence-corrected chi connectivity index (χ3v) is 6.04. The number of carbonyl (C=O) groups is 2. The summed E-state index contributed by atoms with van der Waals surface area (Å²) in [6.07, 6.45) is 3.51. The van der Waals surface area contributed by atoms with Gasteiger partial charge in [-0.3, -0.25) is 9.59 Å². The Balaban J connectivity index is 1.38. The fourth-order valence-electron chi connectivity index (χ4n) is 4.21. The highest BCUT2D eigenvalue weighted by Crippen LogP contribution is 2.58. The third-order valence-electron chi connectivity index (χ3n) is 5.72. The lowest BCUT2D eigenvalue weighted by atomic mass is 9.91. The second kappa shape index (κ2) is 6.05. The van der Waals surface area contributed by atoms with Crippen molar-refractivity contribution < 1.29 is 9.59 Å². The molecule has 6 heteroatoms. The van der Waals surface area contributed by atoms with Crippen molar-refractivity contribution in [3.63, 3.8) is 0 Å². The molecular formula is C18H22ClN3O2. The summed E-state index contributed by atoms with van der Waals surface area (Å²) in [5, 5.41) is 7.01. The topological polar surface area (TPSA) is 61.4 Å². The van der Waals surface area contributed by atoms with Crippen molar-refractivity contribution in [2.24, 2.45) is 11.3 Å². The lowest BCUT2D eigenvalue weighted by Gasteiger charge is -2.23. The zero-order valence-electron chi connectivity index (χ0n) is 13.6. The quantitative estimate of drug-likeness (QED) is 0.878. The second-order valence-corrected chi connectivity index (χ2v) is 7.64. The number of piperidine rings is 1. The van der Waals surface area contributed by atoms with Gasteiger partial charge in [0.05, 0.1) is 16.8 Å². The molecule has 3 fully saturated rings. The number of rotatable bonds is 3. The molecule has 24 heavy (non-hydrogen) atoms. The smallest absolute Gasteiger partial charge is 0.229 e. The van der Waals surface area contributed by atoms with Crippen LogP contribution in [0.4, 0.5) is 5.69 Å². The Kier molecular flexibility index (Phi) is 4.01. The van der Waals surface area contributed by atoms with E-state index in [0.717, 1.165) is 38.0 Å². The molecule has 128 valence electrons. The van der Waals surface area contributed by atoms with E-state index in [0.29, 0.717) is 18.0 Å². The first-order valence-electron chi connectivity index (χ1n) is 8.65. The summed E-state index contributed by atoms with van der Waals surface area (Å²) in [6, 6.07) is 7.21. The maximum Gasteiger partial charge on any atom is 0.229 e. The van der Waals surface area contributed by atoms with Crippen LogP contribution in [0.25, 0.3) is 0 Å². The summed E-state index contributed by atoms with van der Waals surface area (Å²) in [6.45, 7) is 2.51. The van der Waals surface area contributed by atoms with Gasteiger partial charge in [0.1, 0.15) is 0 Å². The number of benzene rings is 1. The van der Waals surface area contributed by atoms with Crippen LogP contribution >= 0.6 is 11.6 Å².